The van der Waals surface area contributed by atoms with Gasteiger partial charge in [-0.1, -0.05) is 6.07 Å². The van der Waals surface area contributed by atoms with E-state index in [0.29, 0.717) is 11.3 Å². The van der Waals surface area contributed by atoms with E-state index < -0.39 is 21.9 Å². The molecule has 3 rings (SSSR count). The van der Waals surface area contributed by atoms with E-state index in [1.807, 2.05) is 6.07 Å². The van der Waals surface area contributed by atoms with Crippen LogP contribution in [0.5, 0.6) is 0 Å². The van der Waals surface area contributed by atoms with Crippen molar-refractivity contribution in [2.75, 3.05) is 13.1 Å². The van der Waals surface area contributed by atoms with Gasteiger partial charge in [0.1, 0.15) is 0 Å². The van der Waals surface area contributed by atoms with E-state index >= 15 is 0 Å². The first-order chi connectivity index (χ1) is 9.48. The zero-order chi connectivity index (χ0) is 14.3. The number of benzene rings is 1. The van der Waals surface area contributed by atoms with Gasteiger partial charge < -0.3 is 5.11 Å². The second-order valence-electron chi connectivity index (χ2n) is 5.47. The molecule has 1 aliphatic heterocycles. The minimum absolute atomic E-state index is 0.0781. The molecule has 1 aromatic carbocycles. The Morgan fingerprint density at radius 3 is 2.70 bits per heavy atom. The monoisotopic (exact) mass is 295 g/mol. The summed E-state index contributed by atoms with van der Waals surface area (Å²) in [6, 6.07) is 5.29. The predicted molar refractivity (Wildman–Crippen MR) is 73.0 cm³/mol. The smallest absolute Gasteiger partial charge is 0.307 e. The molecule has 20 heavy (non-hydrogen) atoms. The van der Waals surface area contributed by atoms with E-state index in [2.05, 4.69) is 0 Å². The molecule has 1 fully saturated rings. The van der Waals surface area contributed by atoms with Crippen molar-refractivity contribution >= 4 is 16.0 Å². The Morgan fingerprint density at radius 1 is 1.25 bits per heavy atom. The second kappa shape index (κ2) is 4.86. The molecule has 0 aromatic heterocycles. The Balaban J connectivity index is 1.87. The van der Waals surface area contributed by atoms with Gasteiger partial charge in [0, 0.05) is 13.1 Å². The third kappa shape index (κ3) is 2.23. The van der Waals surface area contributed by atoms with Crippen LogP contribution in [0.15, 0.2) is 23.1 Å². The molecule has 0 bridgehead atoms. The minimum atomic E-state index is -3.56. The normalized spacial score (nSPS) is 22.9. The first kappa shape index (κ1) is 13.6. The van der Waals surface area contributed by atoms with Crippen molar-refractivity contribution in [2.45, 2.75) is 30.6 Å². The lowest BCUT2D eigenvalue weighted by Crippen LogP contribution is -2.30. The minimum Gasteiger partial charge on any atom is -0.481 e. The number of aryl methyl sites for hydroxylation is 2. The number of carboxylic acids is 1. The van der Waals surface area contributed by atoms with Gasteiger partial charge in [-0.15, -0.1) is 0 Å². The summed E-state index contributed by atoms with van der Waals surface area (Å²) >= 11 is 0. The molecule has 108 valence electrons. The number of sulfonamides is 1. The maximum Gasteiger partial charge on any atom is 0.307 e. The molecule has 1 heterocycles. The molecule has 0 amide bonds. The van der Waals surface area contributed by atoms with Crippen LogP contribution in [0.25, 0.3) is 0 Å². The van der Waals surface area contributed by atoms with Gasteiger partial charge in [-0.2, -0.15) is 4.31 Å². The molecule has 5 nitrogen and oxygen atoms in total. The van der Waals surface area contributed by atoms with Crippen LogP contribution in [0.3, 0.4) is 0 Å². The highest BCUT2D eigenvalue weighted by Crippen LogP contribution is 2.28. The molecular weight excluding hydrogens is 278 g/mol. The Kier molecular flexibility index (Phi) is 3.30. The molecule has 0 saturated carbocycles. The van der Waals surface area contributed by atoms with Gasteiger partial charge in [0.05, 0.1) is 10.8 Å². The number of nitrogens with zero attached hydrogens (tertiary/aromatic N) is 1. The van der Waals surface area contributed by atoms with E-state index in [1.165, 1.54) is 9.87 Å². The molecule has 2 aliphatic rings. The molecule has 0 unspecified atom stereocenters. The molecule has 1 saturated heterocycles. The van der Waals surface area contributed by atoms with Crippen LogP contribution in [-0.4, -0.2) is 36.9 Å². The predicted octanol–water partition coefficient (Wildman–Crippen LogP) is 1.27. The molecule has 1 atom stereocenters. The molecule has 6 heteroatoms. The van der Waals surface area contributed by atoms with Crippen LogP contribution in [-0.2, 0) is 27.7 Å². The lowest BCUT2D eigenvalue weighted by Gasteiger charge is -2.16. The van der Waals surface area contributed by atoms with Crippen molar-refractivity contribution < 1.29 is 18.3 Å². The molecular formula is C14H17NO4S. The lowest BCUT2D eigenvalue weighted by atomic mass is 10.1. The Bertz CT molecular complexity index is 653. The summed E-state index contributed by atoms with van der Waals surface area (Å²) in [5.74, 6) is -1.50. The number of rotatable bonds is 3. The van der Waals surface area contributed by atoms with Crippen molar-refractivity contribution in [3.63, 3.8) is 0 Å². The number of hydrogen-bond donors (Lipinski definition) is 1. The third-order valence-corrected chi connectivity index (χ3v) is 6.07. The van der Waals surface area contributed by atoms with E-state index in [-0.39, 0.29) is 13.1 Å². The first-order valence-electron chi connectivity index (χ1n) is 6.83. The van der Waals surface area contributed by atoms with E-state index in [9.17, 15) is 13.2 Å². The fraction of sp³-hybridized carbons (Fsp3) is 0.500. The zero-order valence-electron chi connectivity index (χ0n) is 11.1. The van der Waals surface area contributed by atoms with Crippen molar-refractivity contribution in [3.05, 3.63) is 29.3 Å². The fourth-order valence-corrected chi connectivity index (χ4v) is 4.56. The van der Waals surface area contributed by atoms with Crippen molar-refractivity contribution in [2.24, 2.45) is 5.92 Å². The summed E-state index contributed by atoms with van der Waals surface area (Å²) in [5, 5.41) is 8.97. The topological polar surface area (TPSA) is 74.7 Å². The summed E-state index contributed by atoms with van der Waals surface area (Å²) in [7, 11) is -3.56. The van der Waals surface area contributed by atoms with Crippen molar-refractivity contribution in [1.82, 2.24) is 4.31 Å². The van der Waals surface area contributed by atoms with Gasteiger partial charge in [-0.25, -0.2) is 8.42 Å². The summed E-state index contributed by atoms with van der Waals surface area (Å²) in [5.41, 5.74) is 2.34. The maximum atomic E-state index is 12.5. The highest BCUT2D eigenvalue weighted by molar-refractivity contribution is 7.89. The summed E-state index contributed by atoms with van der Waals surface area (Å²) < 4.78 is 26.4. The van der Waals surface area contributed by atoms with Crippen molar-refractivity contribution in [1.29, 1.82) is 0 Å². The largest absolute Gasteiger partial charge is 0.481 e. The Labute approximate surface area is 118 Å². The van der Waals surface area contributed by atoms with Gasteiger partial charge in [0.15, 0.2) is 0 Å². The molecule has 1 N–H and O–H groups in total. The molecule has 0 spiro atoms. The quantitative estimate of drug-likeness (QED) is 0.911. The van der Waals surface area contributed by atoms with Crippen LogP contribution in [0.1, 0.15) is 24.0 Å². The lowest BCUT2D eigenvalue weighted by molar-refractivity contribution is -0.141. The SMILES string of the molecule is O=C(O)[C@H]1CCN(S(=O)(=O)c2ccc3c(c2)CCC3)C1. The van der Waals surface area contributed by atoms with Crippen LogP contribution in [0.2, 0.25) is 0 Å². The van der Waals surface area contributed by atoms with Crippen LogP contribution < -0.4 is 0 Å². The van der Waals surface area contributed by atoms with Crippen LogP contribution in [0, 0.1) is 5.92 Å². The molecule has 0 radical (unpaired) electrons. The maximum absolute atomic E-state index is 12.5. The first-order valence-corrected chi connectivity index (χ1v) is 8.27. The zero-order valence-corrected chi connectivity index (χ0v) is 11.9. The molecule has 1 aliphatic carbocycles. The van der Waals surface area contributed by atoms with E-state index in [4.69, 9.17) is 5.11 Å². The third-order valence-electron chi connectivity index (χ3n) is 4.21. The standard InChI is InChI=1S/C14H17NO4S/c16-14(17)12-6-7-15(9-12)20(18,19)13-5-4-10-2-1-3-11(10)8-13/h4-5,8,12H,1-3,6-7,9H2,(H,16,17)/t12-/m0/s1. The van der Waals surface area contributed by atoms with Gasteiger partial charge >= 0.3 is 5.97 Å². The van der Waals surface area contributed by atoms with E-state index in [1.54, 1.807) is 12.1 Å². The van der Waals surface area contributed by atoms with Crippen LogP contribution >= 0.6 is 0 Å². The average Bonchev–Trinajstić information content (AvgIpc) is 3.07. The second-order valence-corrected chi connectivity index (χ2v) is 7.41. The average molecular weight is 295 g/mol. The summed E-state index contributed by atoms with van der Waals surface area (Å²) in [4.78, 5) is 11.2. The van der Waals surface area contributed by atoms with Gasteiger partial charge in [-0.3, -0.25) is 4.79 Å². The number of carbonyl (C=O) groups is 1. The number of fused-ring (bicyclic) bond motifs is 1. The van der Waals surface area contributed by atoms with E-state index in [0.717, 1.165) is 24.8 Å². The summed E-state index contributed by atoms with van der Waals surface area (Å²) in [6.07, 6.45) is 3.40. The van der Waals surface area contributed by atoms with Crippen molar-refractivity contribution in [3.8, 4) is 0 Å². The number of carboxylic acid groups (broad SMARTS) is 1. The Morgan fingerprint density at radius 2 is 2.00 bits per heavy atom. The van der Waals surface area contributed by atoms with Gasteiger partial charge in [0.25, 0.3) is 0 Å². The van der Waals surface area contributed by atoms with Gasteiger partial charge in [-0.05, 0) is 48.9 Å². The summed E-state index contributed by atoms with van der Waals surface area (Å²) in [6.45, 7) is 0.366. The number of hydrogen-bond acceptors (Lipinski definition) is 3. The number of aliphatic carboxylic acids is 1. The molecule has 1 aromatic rings. The fourth-order valence-electron chi connectivity index (χ4n) is 3.01. The Hall–Kier alpha value is -1.40. The highest BCUT2D eigenvalue weighted by atomic mass is 32.2. The van der Waals surface area contributed by atoms with Gasteiger partial charge in [0.2, 0.25) is 10.0 Å². The van der Waals surface area contributed by atoms with Crippen LogP contribution in [0.4, 0.5) is 0 Å². The highest BCUT2D eigenvalue weighted by Gasteiger charge is 2.36.